The number of pyridine rings is 1. The van der Waals surface area contributed by atoms with Gasteiger partial charge >= 0.3 is 0 Å². The van der Waals surface area contributed by atoms with E-state index in [4.69, 9.17) is 11.6 Å². The molecule has 1 N–H and O–H groups in total. The first-order valence-electron chi connectivity index (χ1n) is 11.6. The fourth-order valence-corrected chi connectivity index (χ4v) is 4.63. The average Bonchev–Trinajstić information content (AvgIpc) is 3.59. The van der Waals surface area contributed by atoms with Crippen molar-refractivity contribution in [2.24, 2.45) is 0 Å². The van der Waals surface area contributed by atoms with Gasteiger partial charge in [0.25, 0.3) is 5.56 Å². The third-order valence-corrected chi connectivity index (χ3v) is 6.50. The molecule has 11 heteroatoms. The Morgan fingerprint density at radius 1 is 0.947 bits per heavy atom. The van der Waals surface area contributed by atoms with Gasteiger partial charge in [0, 0.05) is 29.3 Å². The Bertz CT molecular complexity index is 1810. The van der Waals surface area contributed by atoms with Crippen molar-refractivity contribution >= 4 is 22.6 Å². The summed E-state index contributed by atoms with van der Waals surface area (Å²) in [5.41, 5.74) is 3.52. The minimum atomic E-state index is -0.573. The molecule has 6 aromatic rings. The molecule has 0 radical (unpaired) electrons. The highest BCUT2D eigenvalue weighted by Crippen LogP contribution is 2.30. The van der Waals surface area contributed by atoms with E-state index in [2.05, 4.69) is 25.5 Å². The van der Waals surface area contributed by atoms with E-state index < -0.39 is 11.9 Å². The SMILES string of the molecule is O=c1cc(-c2cc(Cl)ccc2-n2cnnn2)ccn1C(Cc1ccc(F)cc1)c1nc2ccc(F)cc2[nH]1. The lowest BCUT2D eigenvalue weighted by atomic mass is 10.0. The standard InChI is InChI=1S/C27H18ClF2N7O/c28-18-3-8-24(37-15-31-34-35-37)21(13-18)17-9-10-36(26(38)12-17)25(11-16-1-4-19(29)5-2-16)27-32-22-7-6-20(30)14-23(22)33-27/h1-10,12-15,25H,11H2,(H,32,33). The van der Waals surface area contributed by atoms with Gasteiger partial charge in [0.05, 0.1) is 22.8 Å². The Balaban J connectivity index is 1.45. The highest BCUT2D eigenvalue weighted by atomic mass is 35.5. The van der Waals surface area contributed by atoms with Crippen LogP contribution in [0.15, 0.2) is 90.1 Å². The monoisotopic (exact) mass is 529 g/mol. The number of H-pyrrole nitrogens is 1. The minimum absolute atomic E-state index is 0.302. The molecule has 38 heavy (non-hydrogen) atoms. The topological polar surface area (TPSA) is 94.3 Å². The zero-order chi connectivity index (χ0) is 26.2. The quantitative estimate of drug-likeness (QED) is 0.323. The minimum Gasteiger partial charge on any atom is -0.340 e. The van der Waals surface area contributed by atoms with Gasteiger partial charge in [-0.1, -0.05) is 23.7 Å². The summed E-state index contributed by atoms with van der Waals surface area (Å²) in [6.07, 6.45) is 3.47. The van der Waals surface area contributed by atoms with E-state index in [9.17, 15) is 13.6 Å². The maximum atomic E-state index is 13.8. The first kappa shape index (κ1) is 23.7. The van der Waals surface area contributed by atoms with Crippen LogP contribution in [0.1, 0.15) is 17.4 Å². The fraction of sp³-hybridized carbons (Fsp3) is 0.0741. The molecule has 6 rings (SSSR count). The molecule has 0 aliphatic carbocycles. The van der Waals surface area contributed by atoms with Crippen LogP contribution in [-0.2, 0) is 6.42 Å². The number of hydrogen-bond acceptors (Lipinski definition) is 5. The predicted octanol–water partition coefficient (Wildman–Crippen LogP) is 5.13. The highest BCUT2D eigenvalue weighted by molar-refractivity contribution is 6.31. The van der Waals surface area contributed by atoms with Crippen LogP contribution >= 0.6 is 11.6 Å². The number of aromatic nitrogens is 7. The van der Waals surface area contributed by atoms with Crippen LogP contribution in [0, 0.1) is 11.6 Å². The molecule has 8 nitrogen and oxygen atoms in total. The number of rotatable bonds is 6. The lowest BCUT2D eigenvalue weighted by molar-refractivity contribution is 0.537. The molecule has 3 aromatic carbocycles. The molecule has 0 bridgehead atoms. The van der Waals surface area contributed by atoms with Crippen molar-refractivity contribution in [3.05, 3.63) is 124 Å². The number of fused-ring (bicyclic) bond motifs is 1. The zero-order valence-corrected chi connectivity index (χ0v) is 20.3. The van der Waals surface area contributed by atoms with E-state index in [0.29, 0.717) is 45.1 Å². The molecule has 0 fully saturated rings. The van der Waals surface area contributed by atoms with Crippen LogP contribution in [0.2, 0.25) is 5.02 Å². The second-order valence-electron chi connectivity index (χ2n) is 8.71. The summed E-state index contributed by atoms with van der Waals surface area (Å²) in [7, 11) is 0. The predicted molar refractivity (Wildman–Crippen MR) is 138 cm³/mol. The van der Waals surface area contributed by atoms with E-state index in [0.717, 1.165) is 5.56 Å². The lowest BCUT2D eigenvalue weighted by Crippen LogP contribution is -2.27. The third-order valence-electron chi connectivity index (χ3n) is 6.27. The molecule has 3 heterocycles. The fourth-order valence-electron chi connectivity index (χ4n) is 4.46. The maximum Gasteiger partial charge on any atom is 0.251 e. The number of hydrogen-bond donors (Lipinski definition) is 1. The third kappa shape index (κ3) is 4.57. The summed E-state index contributed by atoms with van der Waals surface area (Å²) in [5.74, 6) is -0.280. The van der Waals surface area contributed by atoms with Gasteiger partial charge in [0.15, 0.2) is 0 Å². The van der Waals surface area contributed by atoms with Crippen LogP contribution in [0.3, 0.4) is 0 Å². The van der Waals surface area contributed by atoms with Gasteiger partial charge in [-0.05, 0) is 76.2 Å². The molecular formula is C27H18ClF2N7O. The molecule has 0 aliphatic rings. The van der Waals surface area contributed by atoms with Crippen molar-refractivity contribution in [1.82, 2.24) is 34.7 Å². The van der Waals surface area contributed by atoms with Gasteiger partial charge in [-0.3, -0.25) is 4.79 Å². The van der Waals surface area contributed by atoms with Crippen LogP contribution in [0.5, 0.6) is 0 Å². The van der Waals surface area contributed by atoms with E-state index in [-0.39, 0.29) is 11.4 Å². The van der Waals surface area contributed by atoms with Crippen molar-refractivity contribution < 1.29 is 8.78 Å². The largest absolute Gasteiger partial charge is 0.340 e. The summed E-state index contributed by atoms with van der Waals surface area (Å²) < 4.78 is 30.4. The Morgan fingerprint density at radius 3 is 2.53 bits per heavy atom. The molecule has 1 atom stereocenters. The van der Waals surface area contributed by atoms with E-state index in [1.165, 1.54) is 41.3 Å². The molecular weight excluding hydrogens is 512 g/mol. The maximum absolute atomic E-state index is 13.8. The number of nitrogens with one attached hydrogen (secondary N) is 1. The lowest BCUT2D eigenvalue weighted by Gasteiger charge is -2.19. The van der Waals surface area contributed by atoms with Crippen molar-refractivity contribution in [3.8, 4) is 16.8 Å². The summed E-state index contributed by atoms with van der Waals surface area (Å²) >= 11 is 6.27. The first-order chi connectivity index (χ1) is 18.4. The number of nitrogens with zero attached hydrogens (tertiary/aromatic N) is 6. The molecule has 0 saturated carbocycles. The van der Waals surface area contributed by atoms with Crippen molar-refractivity contribution in [3.63, 3.8) is 0 Å². The number of benzene rings is 3. The highest BCUT2D eigenvalue weighted by Gasteiger charge is 2.21. The molecule has 3 aromatic heterocycles. The Kier molecular flexibility index (Phi) is 6.01. The molecule has 0 saturated heterocycles. The summed E-state index contributed by atoms with van der Waals surface area (Å²) in [4.78, 5) is 21.3. The van der Waals surface area contributed by atoms with Crippen molar-refractivity contribution in [1.29, 1.82) is 0 Å². The van der Waals surface area contributed by atoms with E-state index >= 15 is 0 Å². The summed E-state index contributed by atoms with van der Waals surface area (Å²) in [6, 6.07) is 18.3. The number of imidazole rings is 1. The van der Waals surface area contributed by atoms with E-state index in [1.807, 2.05) is 0 Å². The van der Waals surface area contributed by atoms with Gasteiger partial charge < -0.3 is 9.55 Å². The van der Waals surface area contributed by atoms with Gasteiger partial charge in [0.1, 0.15) is 23.8 Å². The second kappa shape index (κ2) is 9.64. The smallest absolute Gasteiger partial charge is 0.251 e. The second-order valence-corrected chi connectivity index (χ2v) is 9.14. The van der Waals surface area contributed by atoms with Gasteiger partial charge in [-0.25, -0.2) is 13.8 Å². The Hall–Kier alpha value is -4.70. The Labute approximate surface area is 219 Å². The average molecular weight is 530 g/mol. The summed E-state index contributed by atoms with van der Waals surface area (Å²) in [5, 5.41) is 11.8. The van der Waals surface area contributed by atoms with Crippen molar-refractivity contribution in [2.45, 2.75) is 12.5 Å². The number of aromatic amines is 1. The van der Waals surface area contributed by atoms with E-state index in [1.54, 1.807) is 53.2 Å². The Morgan fingerprint density at radius 2 is 1.76 bits per heavy atom. The van der Waals surface area contributed by atoms with Crippen molar-refractivity contribution in [2.75, 3.05) is 0 Å². The van der Waals surface area contributed by atoms with Gasteiger partial charge in [-0.15, -0.1) is 5.10 Å². The first-order valence-corrected chi connectivity index (χ1v) is 12.0. The van der Waals surface area contributed by atoms with Crippen LogP contribution < -0.4 is 5.56 Å². The van der Waals surface area contributed by atoms with Crippen LogP contribution in [0.4, 0.5) is 8.78 Å². The van der Waals surface area contributed by atoms with Gasteiger partial charge in [0.2, 0.25) is 0 Å². The molecule has 0 aliphatic heterocycles. The van der Waals surface area contributed by atoms with Crippen LogP contribution in [-0.4, -0.2) is 34.7 Å². The number of halogens is 3. The van der Waals surface area contributed by atoms with Crippen LogP contribution in [0.25, 0.3) is 27.8 Å². The zero-order valence-electron chi connectivity index (χ0n) is 19.6. The van der Waals surface area contributed by atoms with Gasteiger partial charge in [-0.2, -0.15) is 4.68 Å². The molecule has 0 spiro atoms. The summed E-state index contributed by atoms with van der Waals surface area (Å²) in [6.45, 7) is 0. The normalized spacial score (nSPS) is 12.2. The number of tetrazole rings is 1. The molecule has 1 unspecified atom stereocenters. The molecule has 188 valence electrons. The molecule has 0 amide bonds.